The molecule has 0 saturated carbocycles. The number of aromatic nitrogens is 2. The van der Waals surface area contributed by atoms with Crippen LogP contribution in [0.5, 0.6) is 0 Å². The molecular formula is C24H27N5O2. The summed E-state index contributed by atoms with van der Waals surface area (Å²) in [5.74, 6) is -0.424. The van der Waals surface area contributed by atoms with Gasteiger partial charge in [-0.25, -0.2) is 0 Å². The Morgan fingerprint density at radius 1 is 1.06 bits per heavy atom. The molecule has 0 spiro atoms. The van der Waals surface area contributed by atoms with E-state index in [1.807, 2.05) is 55.5 Å². The first-order valence-corrected chi connectivity index (χ1v) is 10.6. The van der Waals surface area contributed by atoms with Crippen molar-refractivity contribution in [1.29, 1.82) is 0 Å². The van der Waals surface area contributed by atoms with Gasteiger partial charge in [0, 0.05) is 42.5 Å². The molecule has 3 N–H and O–H groups in total. The number of nitrogens with zero attached hydrogens (tertiary/aromatic N) is 2. The highest BCUT2D eigenvalue weighted by Gasteiger charge is 2.17. The molecule has 0 bridgehead atoms. The van der Waals surface area contributed by atoms with E-state index in [1.54, 1.807) is 6.07 Å². The van der Waals surface area contributed by atoms with Crippen LogP contribution >= 0.6 is 0 Å². The van der Waals surface area contributed by atoms with Crippen LogP contribution < -0.4 is 15.5 Å². The van der Waals surface area contributed by atoms with Crippen LogP contribution in [0.2, 0.25) is 0 Å². The summed E-state index contributed by atoms with van der Waals surface area (Å²) in [5.41, 5.74) is 3.90. The van der Waals surface area contributed by atoms with Crippen LogP contribution in [-0.4, -0.2) is 41.1 Å². The van der Waals surface area contributed by atoms with Gasteiger partial charge in [0.25, 0.3) is 5.91 Å². The van der Waals surface area contributed by atoms with Crippen molar-refractivity contribution in [3.63, 3.8) is 0 Å². The van der Waals surface area contributed by atoms with Crippen molar-refractivity contribution >= 4 is 23.2 Å². The van der Waals surface area contributed by atoms with Gasteiger partial charge in [0.2, 0.25) is 5.91 Å². The molecule has 2 aromatic carbocycles. The molecule has 7 nitrogen and oxygen atoms in total. The molecule has 7 heteroatoms. The molecule has 1 aliphatic heterocycles. The molecule has 1 aromatic heterocycles. The lowest BCUT2D eigenvalue weighted by Crippen LogP contribution is -2.35. The first kappa shape index (κ1) is 20.7. The molecule has 1 saturated heterocycles. The Morgan fingerprint density at radius 2 is 1.84 bits per heavy atom. The zero-order chi connectivity index (χ0) is 21.6. The number of anilines is 2. The number of hydrogen-bond acceptors (Lipinski definition) is 4. The molecule has 4 rings (SSSR count). The molecule has 1 atom stereocenters. The van der Waals surface area contributed by atoms with Crippen LogP contribution in [-0.2, 0) is 4.79 Å². The highest BCUT2D eigenvalue weighted by Crippen LogP contribution is 2.23. The molecule has 160 valence electrons. The van der Waals surface area contributed by atoms with Crippen LogP contribution in [0, 0.1) is 0 Å². The van der Waals surface area contributed by atoms with Crippen molar-refractivity contribution in [2.45, 2.75) is 32.2 Å². The highest BCUT2D eigenvalue weighted by molar-refractivity contribution is 5.95. The Hall–Kier alpha value is -3.61. The fourth-order valence-electron chi connectivity index (χ4n) is 3.79. The second-order valence-corrected chi connectivity index (χ2v) is 7.90. The molecule has 2 amide bonds. The second-order valence-electron chi connectivity index (χ2n) is 7.90. The van der Waals surface area contributed by atoms with Gasteiger partial charge >= 0.3 is 0 Å². The fraction of sp³-hybridized carbons (Fsp3) is 0.292. The van der Waals surface area contributed by atoms with E-state index < -0.39 is 0 Å². The monoisotopic (exact) mass is 417 g/mol. The lowest BCUT2D eigenvalue weighted by Gasteiger charge is -2.19. The molecule has 3 aromatic rings. The van der Waals surface area contributed by atoms with Gasteiger partial charge in [0.05, 0.1) is 5.69 Å². The maximum Gasteiger partial charge on any atom is 0.269 e. The van der Waals surface area contributed by atoms with Gasteiger partial charge < -0.3 is 15.5 Å². The minimum absolute atomic E-state index is 0.138. The average Bonchev–Trinajstić information content (AvgIpc) is 3.47. The molecule has 2 heterocycles. The van der Waals surface area contributed by atoms with E-state index in [0.717, 1.165) is 30.0 Å². The zero-order valence-corrected chi connectivity index (χ0v) is 17.6. The topological polar surface area (TPSA) is 90.1 Å². The Morgan fingerprint density at radius 3 is 2.61 bits per heavy atom. The van der Waals surface area contributed by atoms with Crippen molar-refractivity contribution in [1.82, 2.24) is 15.5 Å². The van der Waals surface area contributed by atoms with Gasteiger partial charge in [0.1, 0.15) is 5.69 Å². The highest BCUT2D eigenvalue weighted by atomic mass is 16.2. The minimum atomic E-state index is -0.322. The summed E-state index contributed by atoms with van der Waals surface area (Å²) in [4.78, 5) is 27.3. The SMILES string of the molecule is CC(CC(=O)Nc1cccc(N2CCCC2)c1)NC(=O)c1cc(-c2ccccc2)n[nH]1. The standard InChI is InChI=1S/C24H27N5O2/c1-17(25-24(31)22-16-21(27-28-22)18-8-3-2-4-9-18)14-23(30)26-19-10-7-11-20(15-19)29-12-5-6-13-29/h2-4,7-11,15-17H,5-6,12-14H2,1H3,(H,25,31)(H,26,30)(H,27,28). The van der Waals surface area contributed by atoms with Crippen molar-refractivity contribution in [2.24, 2.45) is 0 Å². The summed E-state index contributed by atoms with van der Waals surface area (Å²) in [6.45, 7) is 3.92. The normalized spacial score (nSPS) is 14.3. The van der Waals surface area contributed by atoms with Crippen molar-refractivity contribution in [2.75, 3.05) is 23.3 Å². The van der Waals surface area contributed by atoms with E-state index in [2.05, 4.69) is 31.8 Å². The number of hydrogen-bond donors (Lipinski definition) is 3. The third kappa shape index (κ3) is 5.31. The van der Waals surface area contributed by atoms with Crippen LogP contribution in [0.25, 0.3) is 11.3 Å². The van der Waals surface area contributed by atoms with Crippen molar-refractivity contribution in [3.8, 4) is 11.3 Å². The van der Waals surface area contributed by atoms with E-state index in [4.69, 9.17) is 0 Å². The lowest BCUT2D eigenvalue weighted by molar-refractivity contribution is -0.116. The Bertz CT molecular complexity index is 1040. The smallest absolute Gasteiger partial charge is 0.269 e. The number of benzene rings is 2. The number of nitrogens with one attached hydrogen (secondary N) is 3. The summed E-state index contributed by atoms with van der Waals surface area (Å²) >= 11 is 0. The van der Waals surface area contributed by atoms with E-state index in [9.17, 15) is 9.59 Å². The number of rotatable bonds is 7. The van der Waals surface area contributed by atoms with E-state index in [0.29, 0.717) is 11.4 Å². The van der Waals surface area contributed by atoms with E-state index in [-0.39, 0.29) is 24.3 Å². The number of carbonyl (C=O) groups excluding carboxylic acids is 2. The number of amides is 2. The predicted octanol–water partition coefficient (Wildman–Crippen LogP) is 3.82. The first-order valence-electron chi connectivity index (χ1n) is 10.6. The summed E-state index contributed by atoms with van der Waals surface area (Å²) in [6.07, 6.45) is 2.59. The fourth-order valence-corrected chi connectivity index (χ4v) is 3.79. The third-order valence-corrected chi connectivity index (χ3v) is 5.36. The summed E-state index contributed by atoms with van der Waals surface area (Å²) < 4.78 is 0. The predicted molar refractivity (Wildman–Crippen MR) is 122 cm³/mol. The quantitative estimate of drug-likeness (QED) is 0.545. The van der Waals surface area contributed by atoms with Crippen LogP contribution in [0.1, 0.15) is 36.7 Å². The first-order chi connectivity index (χ1) is 15.1. The number of aromatic amines is 1. The largest absolute Gasteiger partial charge is 0.371 e. The Balaban J connectivity index is 1.30. The molecule has 31 heavy (non-hydrogen) atoms. The zero-order valence-electron chi connectivity index (χ0n) is 17.6. The molecule has 1 unspecified atom stereocenters. The Kier molecular flexibility index (Phi) is 6.31. The third-order valence-electron chi connectivity index (χ3n) is 5.36. The van der Waals surface area contributed by atoms with E-state index in [1.165, 1.54) is 12.8 Å². The summed E-state index contributed by atoms with van der Waals surface area (Å²) in [6, 6.07) is 18.9. The van der Waals surface area contributed by atoms with Gasteiger partial charge in [-0.3, -0.25) is 14.7 Å². The molecule has 1 aliphatic rings. The van der Waals surface area contributed by atoms with Crippen LogP contribution in [0.3, 0.4) is 0 Å². The molecule has 1 fully saturated rings. The molecule has 0 aliphatic carbocycles. The van der Waals surface area contributed by atoms with Crippen molar-refractivity contribution < 1.29 is 9.59 Å². The Labute approximate surface area is 181 Å². The summed E-state index contributed by atoms with van der Waals surface area (Å²) in [5, 5.41) is 12.8. The summed E-state index contributed by atoms with van der Waals surface area (Å²) in [7, 11) is 0. The molecular weight excluding hydrogens is 390 g/mol. The second kappa shape index (κ2) is 9.47. The maximum absolute atomic E-state index is 12.5. The van der Waals surface area contributed by atoms with Gasteiger partial charge in [-0.15, -0.1) is 0 Å². The van der Waals surface area contributed by atoms with Crippen LogP contribution in [0.4, 0.5) is 11.4 Å². The van der Waals surface area contributed by atoms with Gasteiger partial charge in [-0.2, -0.15) is 5.10 Å². The van der Waals surface area contributed by atoms with Crippen LogP contribution in [0.15, 0.2) is 60.7 Å². The number of carbonyl (C=O) groups is 2. The maximum atomic E-state index is 12.5. The van der Waals surface area contributed by atoms with Gasteiger partial charge in [0.15, 0.2) is 0 Å². The van der Waals surface area contributed by atoms with Crippen molar-refractivity contribution in [3.05, 3.63) is 66.4 Å². The average molecular weight is 418 g/mol. The molecule has 0 radical (unpaired) electrons. The lowest BCUT2D eigenvalue weighted by atomic mass is 10.1. The van der Waals surface area contributed by atoms with Gasteiger partial charge in [-0.05, 0) is 44.0 Å². The van der Waals surface area contributed by atoms with Gasteiger partial charge in [-0.1, -0.05) is 36.4 Å². The minimum Gasteiger partial charge on any atom is -0.371 e. The van der Waals surface area contributed by atoms with E-state index >= 15 is 0 Å². The number of H-pyrrole nitrogens is 1.